The minimum absolute atomic E-state index is 0.180. The van der Waals surface area contributed by atoms with Gasteiger partial charge in [0.1, 0.15) is 0 Å². The number of hydrogen-bond donors (Lipinski definition) is 2. The van der Waals surface area contributed by atoms with Gasteiger partial charge in [-0.1, -0.05) is 18.9 Å². The van der Waals surface area contributed by atoms with Crippen molar-refractivity contribution in [3.05, 3.63) is 35.7 Å². The Kier molecular flexibility index (Phi) is 8.12. The number of rotatable bonds is 9. The Morgan fingerprint density at radius 2 is 2.10 bits per heavy atom. The normalized spacial score (nSPS) is 10.8. The molecule has 5 heteroatoms. The van der Waals surface area contributed by atoms with Gasteiger partial charge in [0.2, 0.25) is 5.91 Å². The third-order valence-corrected chi connectivity index (χ3v) is 2.99. The summed E-state index contributed by atoms with van der Waals surface area (Å²) in [6.45, 7) is 0.819. The minimum Gasteiger partial charge on any atom is -0.494 e. The van der Waals surface area contributed by atoms with Crippen LogP contribution in [0.2, 0.25) is 0 Å². The van der Waals surface area contributed by atoms with E-state index in [0.29, 0.717) is 12.1 Å². The second-order valence-electron chi connectivity index (χ2n) is 4.66. The van der Waals surface area contributed by atoms with Crippen molar-refractivity contribution in [2.45, 2.75) is 25.7 Å². The molecule has 21 heavy (non-hydrogen) atoms. The predicted octanol–water partition coefficient (Wildman–Crippen LogP) is 2.52. The van der Waals surface area contributed by atoms with Crippen LogP contribution < -0.4 is 10.1 Å². The molecule has 0 aliphatic carbocycles. The molecule has 2 N–H and O–H groups in total. The summed E-state index contributed by atoms with van der Waals surface area (Å²) in [5.41, 5.74) is 0.603. The SMILES string of the molecule is COc1ccc(/C=C/C(=O)NCCCCCCO)cc1F. The highest BCUT2D eigenvalue weighted by atomic mass is 19.1. The molecule has 0 saturated carbocycles. The van der Waals surface area contributed by atoms with Crippen LogP contribution in [0.3, 0.4) is 0 Å². The second kappa shape index (κ2) is 9.94. The first-order chi connectivity index (χ1) is 10.2. The summed E-state index contributed by atoms with van der Waals surface area (Å²) in [5, 5.41) is 11.4. The third-order valence-electron chi connectivity index (χ3n) is 2.99. The maximum Gasteiger partial charge on any atom is 0.243 e. The topological polar surface area (TPSA) is 58.6 Å². The van der Waals surface area contributed by atoms with Crippen molar-refractivity contribution in [2.75, 3.05) is 20.3 Å². The first kappa shape index (κ1) is 17.2. The number of halogens is 1. The molecule has 0 spiro atoms. The van der Waals surface area contributed by atoms with Gasteiger partial charge in [-0.25, -0.2) is 4.39 Å². The van der Waals surface area contributed by atoms with Crippen molar-refractivity contribution in [1.29, 1.82) is 0 Å². The first-order valence-corrected chi connectivity index (χ1v) is 7.07. The summed E-state index contributed by atoms with van der Waals surface area (Å²) in [6.07, 6.45) is 6.58. The molecule has 0 heterocycles. The maximum atomic E-state index is 13.4. The number of unbranched alkanes of at least 4 members (excludes halogenated alkanes) is 3. The molecule has 1 aromatic rings. The van der Waals surface area contributed by atoms with E-state index in [1.165, 1.54) is 25.3 Å². The van der Waals surface area contributed by atoms with E-state index in [9.17, 15) is 9.18 Å². The molecule has 0 aliphatic rings. The Hall–Kier alpha value is -1.88. The number of methoxy groups -OCH3 is 1. The van der Waals surface area contributed by atoms with Gasteiger partial charge in [-0.05, 0) is 36.6 Å². The van der Waals surface area contributed by atoms with Crippen molar-refractivity contribution in [3.8, 4) is 5.75 Å². The number of aliphatic hydroxyl groups excluding tert-OH is 1. The van der Waals surface area contributed by atoms with Crippen LogP contribution in [-0.4, -0.2) is 31.3 Å². The van der Waals surface area contributed by atoms with Gasteiger partial charge in [-0.3, -0.25) is 4.79 Å². The summed E-state index contributed by atoms with van der Waals surface area (Å²) in [4.78, 5) is 11.6. The molecule has 0 radical (unpaired) electrons. The highest BCUT2D eigenvalue weighted by Crippen LogP contribution is 2.18. The van der Waals surface area contributed by atoms with Gasteiger partial charge in [0.25, 0.3) is 0 Å². The Balaban J connectivity index is 2.32. The molecule has 1 aromatic carbocycles. The molecule has 0 aromatic heterocycles. The number of nitrogens with one attached hydrogen (secondary N) is 1. The molecule has 4 nitrogen and oxygen atoms in total. The van der Waals surface area contributed by atoms with E-state index in [0.717, 1.165) is 25.7 Å². The zero-order valence-corrected chi connectivity index (χ0v) is 12.3. The Bertz CT molecular complexity index is 475. The Labute approximate surface area is 124 Å². The number of hydrogen-bond acceptors (Lipinski definition) is 3. The number of benzene rings is 1. The highest BCUT2D eigenvalue weighted by molar-refractivity contribution is 5.91. The lowest BCUT2D eigenvalue weighted by molar-refractivity contribution is -0.116. The van der Waals surface area contributed by atoms with Crippen LogP contribution in [-0.2, 0) is 4.79 Å². The number of ether oxygens (including phenoxy) is 1. The smallest absolute Gasteiger partial charge is 0.243 e. The van der Waals surface area contributed by atoms with Gasteiger partial charge < -0.3 is 15.2 Å². The fourth-order valence-electron chi connectivity index (χ4n) is 1.82. The van der Waals surface area contributed by atoms with Crippen LogP contribution in [0.5, 0.6) is 5.75 Å². The van der Waals surface area contributed by atoms with Crippen LogP contribution in [0, 0.1) is 5.82 Å². The van der Waals surface area contributed by atoms with Gasteiger partial charge in [-0.2, -0.15) is 0 Å². The summed E-state index contributed by atoms with van der Waals surface area (Å²) >= 11 is 0. The summed E-state index contributed by atoms with van der Waals surface area (Å²) in [5.74, 6) is -0.475. The van der Waals surface area contributed by atoms with Crippen molar-refractivity contribution in [1.82, 2.24) is 5.32 Å². The average molecular weight is 295 g/mol. The lowest BCUT2D eigenvalue weighted by Crippen LogP contribution is -2.21. The van der Waals surface area contributed by atoms with Crippen LogP contribution in [0.1, 0.15) is 31.2 Å². The van der Waals surface area contributed by atoms with Crippen LogP contribution in [0.25, 0.3) is 6.08 Å². The van der Waals surface area contributed by atoms with E-state index in [1.54, 1.807) is 12.1 Å². The molecule has 0 aliphatic heterocycles. The molecule has 0 saturated heterocycles. The van der Waals surface area contributed by atoms with E-state index in [-0.39, 0.29) is 18.3 Å². The lowest BCUT2D eigenvalue weighted by atomic mass is 10.2. The van der Waals surface area contributed by atoms with Crippen molar-refractivity contribution < 1.29 is 19.0 Å². The largest absolute Gasteiger partial charge is 0.494 e. The Morgan fingerprint density at radius 3 is 2.76 bits per heavy atom. The standard InChI is InChI=1S/C16H22FNO3/c1-21-15-8-6-13(12-14(15)17)7-9-16(20)18-10-4-2-3-5-11-19/h6-9,12,19H,2-5,10-11H2,1H3,(H,18,20)/b9-7+. The van der Waals surface area contributed by atoms with Crippen molar-refractivity contribution in [3.63, 3.8) is 0 Å². The number of amides is 1. The molecular weight excluding hydrogens is 273 g/mol. The highest BCUT2D eigenvalue weighted by Gasteiger charge is 2.02. The fraction of sp³-hybridized carbons (Fsp3) is 0.438. The molecule has 0 bridgehead atoms. The third kappa shape index (κ3) is 6.90. The van der Waals surface area contributed by atoms with Gasteiger partial charge in [-0.15, -0.1) is 0 Å². The molecular formula is C16H22FNO3. The monoisotopic (exact) mass is 295 g/mol. The summed E-state index contributed by atoms with van der Waals surface area (Å²) in [6, 6.07) is 4.52. The molecule has 0 unspecified atom stereocenters. The quantitative estimate of drug-likeness (QED) is 0.543. The number of carbonyl (C=O) groups is 1. The zero-order chi connectivity index (χ0) is 15.5. The number of carbonyl (C=O) groups excluding carboxylic acids is 1. The average Bonchev–Trinajstić information content (AvgIpc) is 2.49. The van der Waals surface area contributed by atoms with E-state index in [1.807, 2.05) is 0 Å². The second-order valence-corrected chi connectivity index (χ2v) is 4.66. The summed E-state index contributed by atoms with van der Waals surface area (Å²) in [7, 11) is 1.40. The van der Waals surface area contributed by atoms with Gasteiger partial charge in [0.05, 0.1) is 7.11 Å². The molecule has 0 fully saturated rings. The van der Waals surface area contributed by atoms with E-state index in [4.69, 9.17) is 9.84 Å². The van der Waals surface area contributed by atoms with E-state index >= 15 is 0 Å². The van der Waals surface area contributed by atoms with E-state index in [2.05, 4.69) is 5.32 Å². The van der Waals surface area contributed by atoms with Gasteiger partial charge in [0, 0.05) is 19.2 Å². The Morgan fingerprint density at radius 1 is 1.33 bits per heavy atom. The maximum absolute atomic E-state index is 13.4. The van der Waals surface area contributed by atoms with Gasteiger partial charge >= 0.3 is 0 Å². The van der Waals surface area contributed by atoms with Gasteiger partial charge in [0.15, 0.2) is 11.6 Å². The van der Waals surface area contributed by atoms with Crippen molar-refractivity contribution >= 4 is 12.0 Å². The van der Waals surface area contributed by atoms with Crippen LogP contribution in [0.4, 0.5) is 4.39 Å². The first-order valence-electron chi connectivity index (χ1n) is 7.07. The van der Waals surface area contributed by atoms with Crippen molar-refractivity contribution in [2.24, 2.45) is 0 Å². The van der Waals surface area contributed by atoms with Crippen LogP contribution in [0.15, 0.2) is 24.3 Å². The lowest BCUT2D eigenvalue weighted by Gasteiger charge is -2.03. The minimum atomic E-state index is -0.455. The molecule has 1 amide bonds. The molecule has 1 rings (SSSR count). The predicted molar refractivity (Wildman–Crippen MR) is 80.5 cm³/mol. The fourth-order valence-corrected chi connectivity index (χ4v) is 1.82. The summed E-state index contributed by atoms with van der Waals surface area (Å²) < 4.78 is 18.3. The van der Waals surface area contributed by atoms with Crippen LogP contribution >= 0.6 is 0 Å². The number of aliphatic hydroxyl groups is 1. The molecule has 0 atom stereocenters. The van der Waals surface area contributed by atoms with E-state index < -0.39 is 5.82 Å². The molecule has 116 valence electrons. The zero-order valence-electron chi connectivity index (χ0n) is 12.3.